The zero-order chi connectivity index (χ0) is 18.7. The quantitative estimate of drug-likeness (QED) is 0.492. The topological polar surface area (TPSA) is 52.6 Å². The van der Waals surface area contributed by atoms with Gasteiger partial charge in [0.25, 0.3) is 0 Å². The molecule has 4 nitrogen and oxygen atoms in total. The summed E-state index contributed by atoms with van der Waals surface area (Å²) >= 11 is 6.71. The Balaban J connectivity index is 3.10. The lowest BCUT2D eigenvalue weighted by molar-refractivity contribution is -0.00422. The van der Waals surface area contributed by atoms with Crippen LogP contribution in [0.3, 0.4) is 0 Å². The second-order valence-electron chi connectivity index (χ2n) is 6.82. The summed E-state index contributed by atoms with van der Waals surface area (Å²) in [5.74, 6) is -0.883. The van der Waals surface area contributed by atoms with Crippen LogP contribution >= 0.6 is 31.9 Å². The molecule has 0 fully saturated rings. The van der Waals surface area contributed by atoms with Crippen molar-refractivity contribution in [2.45, 2.75) is 65.6 Å². The van der Waals surface area contributed by atoms with Gasteiger partial charge in [0.05, 0.1) is 11.1 Å². The van der Waals surface area contributed by atoms with Gasteiger partial charge < -0.3 is 9.47 Å². The summed E-state index contributed by atoms with van der Waals surface area (Å²) in [6.07, 6.45) is 1.40. The molecule has 0 spiro atoms. The molecule has 0 bridgehead atoms. The summed E-state index contributed by atoms with van der Waals surface area (Å²) in [5.41, 5.74) is -0.387. The summed E-state index contributed by atoms with van der Waals surface area (Å²) in [6.45, 7) is 11.3. The summed E-state index contributed by atoms with van der Waals surface area (Å²) < 4.78 is 12.0. The Hall–Kier alpha value is -0.880. The van der Waals surface area contributed by atoms with Crippen LogP contribution < -0.4 is 0 Å². The van der Waals surface area contributed by atoms with Crippen LogP contribution in [-0.2, 0) is 9.47 Å². The van der Waals surface area contributed by atoms with E-state index in [0.29, 0.717) is 32.9 Å². The lowest BCUT2D eigenvalue weighted by Crippen LogP contribution is -2.28. The maximum atomic E-state index is 12.4. The number of carbonyl (C=O) groups is 2. The molecule has 0 aromatic heterocycles. The van der Waals surface area contributed by atoms with Crippen molar-refractivity contribution in [3.05, 3.63) is 32.2 Å². The van der Waals surface area contributed by atoms with Crippen molar-refractivity contribution in [3.8, 4) is 0 Å². The minimum atomic E-state index is -0.557. The third kappa shape index (κ3) is 5.59. The highest BCUT2D eigenvalue weighted by atomic mass is 79.9. The van der Waals surface area contributed by atoms with Crippen molar-refractivity contribution in [2.75, 3.05) is 0 Å². The maximum absolute atomic E-state index is 12.4. The fourth-order valence-corrected chi connectivity index (χ4v) is 3.15. The van der Waals surface area contributed by atoms with Crippen molar-refractivity contribution in [1.82, 2.24) is 0 Å². The van der Waals surface area contributed by atoms with Crippen LogP contribution in [0.15, 0.2) is 21.1 Å². The molecular formula is C18H24Br2O4. The fourth-order valence-electron chi connectivity index (χ4n) is 1.64. The van der Waals surface area contributed by atoms with Crippen molar-refractivity contribution in [1.29, 1.82) is 0 Å². The van der Waals surface area contributed by atoms with Gasteiger partial charge in [0.15, 0.2) is 0 Å². The molecule has 0 saturated carbocycles. The van der Waals surface area contributed by atoms with Crippen LogP contribution in [0, 0.1) is 0 Å². The Labute approximate surface area is 160 Å². The lowest BCUT2D eigenvalue weighted by Gasteiger charge is -2.25. The van der Waals surface area contributed by atoms with Crippen molar-refractivity contribution in [3.63, 3.8) is 0 Å². The van der Waals surface area contributed by atoms with E-state index in [9.17, 15) is 9.59 Å². The van der Waals surface area contributed by atoms with Crippen LogP contribution in [-0.4, -0.2) is 23.1 Å². The smallest absolute Gasteiger partial charge is 0.340 e. The van der Waals surface area contributed by atoms with E-state index in [2.05, 4.69) is 31.9 Å². The van der Waals surface area contributed by atoms with E-state index in [-0.39, 0.29) is 0 Å². The van der Waals surface area contributed by atoms with Crippen LogP contribution in [0.1, 0.15) is 75.1 Å². The number of hydrogen-bond donors (Lipinski definition) is 0. The first-order chi connectivity index (χ1) is 10.9. The van der Waals surface area contributed by atoms with Crippen LogP contribution in [0.25, 0.3) is 0 Å². The third-order valence-electron chi connectivity index (χ3n) is 3.92. The largest absolute Gasteiger partial charge is 0.456 e. The first-order valence-electron chi connectivity index (χ1n) is 7.88. The molecule has 0 aliphatic rings. The molecule has 0 unspecified atom stereocenters. The monoisotopic (exact) mass is 462 g/mol. The second-order valence-corrected chi connectivity index (χ2v) is 8.53. The Morgan fingerprint density at radius 3 is 1.62 bits per heavy atom. The van der Waals surface area contributed by atoms with Crippen molar-refractivity contribution in [2.24, 2.45) is 0 Å². The molecule has 6 heteroatoms. The van der Waals surface area contributed by atoms with Crippen LogP contribution in [0.5, 0.6) is 0 Å². The van der Waals surface area contributed by atoms with Crippen LogP contribution in [0.2, 0.25) is 0 Å². The average molecular weight is 464 g/mol. The van der Waals surface area contributed by atoms with Gasteiger partial charge in [-0.2, -0.15) is 0 Å². The number of benzene rings is 1. The van der Waals surface area contributed by atoms with E-state index in [4.69, 9.17) is 9.47 Å². The van der Waals surface area contributed by atoms with E-state index in [0.717, 1.165) is 0 Å². The summed E-state index contributed by atoms with van der Waals surface area (Å²) in [5, 5.41) is 0. The van der Waals surface area contributed by atoms with Gasteiger partial charge >= 0.3 is 11.9 Å². The van der Waals surface area contributed by atoms with Crippen molar-refractivity contribution < 1.29 is 19.1 Å². The molecule has 0 N–H and O–H groups in total. The molecule has 1 aromatic rings. The van der Waals surface area contributed by atoms with E-state index in [1.54, 1.807) is 12.1 Å². The zero-order valence-corrected chi connectivity index (χ0v) is 18.1. The molecule has 0 atom stereocenters. The number of esters is 2. The first kappa shape index (κ1) is 21.2. The van der Waals surface area contributed by atoms with Crippen LogP contribution in [0.4, 0.5) is 0 Å². The Morgan fingerprint density at radius 2 is 1.25 bits per heavy atom. The molecule has 0 radical (unpaired) electrons. The normalized spacial score (nSPS) is 12.0. The van der Waals surface area contributed by atoms with Gasteiger partial charge in [0.2, 0.25) is 0 Å². The molecule has 0 saturated heterocycles. The molecule has 0 aliphatic carbocycles. The van der Waals surface area contributed by atoms with Gasteiger partial charge in [-0.1, -0.05) is 13.8 Å². The fraction of sp³-hybridized carbons (Fsp3) is 0.556. The molecule has 0 amide bonds. The minimum absolute atomic E-state index is 0.350. The van der Waals surface area contributed by atoms with Gasteiger partial charge in [-0.05, 0) is 84.5 Å². The van der Waals surface area contributed by atoms with E-state index >= 15 is 0 Å². The van der Waals surface area contributed by atoms with Gasteiger partial charge in [0, 0.05) is 8.95 Å². The number of halogens is 2. The summed E-state index contributed by atoms with van der Waals surface area (Å²) in [6, 6.07) is 3.16. The Morgan fingerprint density at radius 1 is 0.875 bits per heavy atom. The zero-order valence-electron chi connectivity index (χ0n) is 15.0. The molecule has 134 valence electrons. The lowest BCUT2D eigenvalue weighted by atomic mass is 10.1. The number of carbonyl (C=O) groups excluding carboxylic acids is 2. The maximum Gasteiger partial charge on any atom is 0.340 e. The Kier molecular flexibility index (Phi) is 7.05. The van der Waals surface area contributed by atoms with E-state index < -0.39 is 23.1 Å². The number of rotatable bonds is 6. The third-order valence-corrected chi connectivity index (χ3v) is 5.17. The summed E-state index contributed by atoms with van der Waals surface area (Å²) in [4.78, 5) is 24.7. The molecule has 0 aliphatic heterocycles. The Bertz CT molecular complexity index is 613. The molecular weight excluding hydrogens is 440 g/mol. The number of hydrogen-bond acceptors (Lipinski definition) is 4. The van der Waals surface area contributed by atoms with Crippen molar-refractivity contribution >= 4 is 43.8 Å². The van der Waals surface area contributed by atoms with Gasteiger partial charge in [-0.15, -0.1) is 0 Å². The minimum Gasteiger partial charge on any atom is -0.456 e. The molecule has 1 aromatic carbocycles. The predicted octanol–water partition coefficient (Wildman–Crippen LogP) is 5.90. The molecule has 1 rings (SSSR count). The predicted molar refractivity (Wildman–Crippen MR) is 101 cm³/mol. The number of ether oxygens (including phenoxy) is 2. The average Bonchev–Trinajstić information content (AvgIpc) is 2.45. The molecule has 24 heavy (non-hydrogen) atoms. The first-order valence-corrected chi connectivity index (χ1v) is 9.46. The highest BCUT2D eigenvalue weighted by Crippen LogP contribution is 2.31. The van der Waals surface area contributed by atoms with E-state index in [1.807, 2.05) is 41.5 Å². The van der Waals surface area contributed by atoms with Gasteiger partial charge in [-0.25, -0.2) is 9.59 Å². The summed E-state index contributed by atoms with van der Waals surface area (Å²) in [7, 11) is 0. The highest BCUT2D eigenvalue weighted by molar-refractivity contribution is 9.11. The standard InChI is InChI=1S/C18H24Br2O4/c1-7-17(3,4)23-15(21)11-9-12(19)14(13(20)10-11)16(22)24-18(5,6)8-2/h9-10H,7-8H2,1-6H3. The van der Waals surface area contributed by atoms with Gasteiger partial charge in [0.1, 0.15) is 11.2 Å². The molecule has 0 heterocycles. The second kappa shape index (κ2) is 8.00. The van der Waals surface area contributed by atoms with Gasteiger partial charge in [-0.3, -0.25) is 0 Å². The SMILES string of the molecule is CCC(C)(C)OC(=O)c1cc(Br)c(C(=O)OC(C)(C)CC)c(Br)c1. The van der Waals surface area contributed by atoms with E-state index in [1.165, 1.54) is 0 Å². The highest BCUT2D eigenvalue weighted by Gasteiger charge is 2.27.